The molecule has 1 unspecified atom stereocenters. The minimum Gasteiger partial charge on any atom is -0.382 e. The summed E-state index contributed by atoms with van der Waals surface area (Å²) in [5.41, 5.74) is 2.17. The maximum Gasteiger partial charge on any atom is 0.0342 e. The average molecular weight is 189 g/mol. The molecule has 0 aliphatic rings. The number of nitrogens with one attached hydrogen (secondary N) is 1. The van der Waals surface area contributed by atoms with Gasteiger partial charge >= 0.3 is 0 Å². The highest BCUT2D eigenvalue weighted by Gasteiger charge is 2.07. The molecule has 1 atom stereocenters. The summed E-state index contributed by atoms with van der Waals surface area (Å²) >= 11 is 0. The quantitative estimate of drug-likeness (QED) is 0.766. The molecule has 0 amide bonds. The lowest BCUT2D eigenvalue weighted by molar-refractivity contribution is 0.481. The fraction of sp³-hybridized carbons (Fsp3) is 0.385. The van der Waals surface area contributed by atoms with Gasteiger partial charge in [0.25, 0.3) is 0 Å². The fourth-order valence-corrected chi connectivity index (χ4v) is 1.16. The number of hydrogen-bond donors (Lipinski definition) is 1. The van der Waals surface area contributed by atoms with Gasteiger partial charge in [-0.1, -0.05) is 50.8 Å². The Kier molecular flexibility index (Phi) is 3.75. The van der Waals surface area contributed by atoms with Crippen molar-refractivity contribution in [1.29, 1.82) is 0 Å². The number of hydrogen-bond acceptors (Lipinski definition) is 1. The van der Waals surface area contributed by atoms with Gasteiger partial charge in [-0.05, 0) is 18.4 Å². The number of rotatable bonds is 4. The summed E-state index contributed by atoms with van der Waals surface area (Å²) in [6, 6.07) is 10.7. The van der Waals surface area contributed by atoms with Gasteiger partial charge in [0.05, 0.1) is 0 Å². The molecule has 0 bridgehead atoms. The van der Waals surface area contributed by atoms with E-state index in [4.69, 9.17) is 0 Å². The normalized spacial score (nSPS) is 12.6. The average Bonchev–Trinajstić information content (AvgIpc) is 2.19. The van der Waals surface area contributed by atoms with Gasteiger partial charge < -0.3 is 5.32 Å². The molecule has 0 aliphatic carbocycles. The first-order valence-corrected chi connectivity index (χ1v) is 5.12. The lowest BCUT2D eigenvalue weighted by atomic mass is 10.1. The summed E-state index contributed by atoms with van der Waals surface area (Å²) < 4.78 is 0. The molecule has 0 aromatic heterocycles. The Morgan fingerprint density at radius 1 is 1.14 bits per heavy atom. The third-order valence-corrected chi connectivity index (χ3v) is 2.52. The molecule has 0 fully saturated rings. The summed E-state index contributed by atoms with van der Waals surface area (Å²) in [5.74, 6) is 0.621. The summed E-state index contributed by atoms with van der Waals surface area (Å²) in [5, 5.41) is 3.40. The van der Waals surface area contributed by atoms with Gasteiger partial charge in [-0.25, -0.2) is 0 Å². The highest BCUT2D eigenvalue weighted by Crippen LogP contribution is 2.11. The Bertz CT molecular complexity index is 287. The maximum atomic E-state index is 4.04. The van der Waals surface area contributed by atoms with Crippen LogP contribution in [-0.4, -0.2) is 6.04 Å². The van der Waals surface area contributed by atoms with Crippen molar-refractivity contribution >= 4 is 5.70 Å². The standard InChI is InChI=1S/C13H19N/c1-10(2)11(3)14-12(4)13-8-6-5-7-9-13/h5-11,14H,4H2,1-3H3. The Labute approximate surface area is 86.8 Å². The van der Waals surface area contributed by atoms with E-state index in [2.05, 4.69) is 44.8 Å². The van der Waals surface area contributed by atoms with Crippen LogP contribution in [0.1, 0.15) is 26.3 Å². The lowest BCUT2D eigenvalue weighted by Crippen LogP contribution is -2.28. The molecular formula is C13H19N. The smallest absolute Gasteiger partial charge is 0.0342 e. The summed E-state index contributed by atoms with van der Waals surface area (Å²) in [7, 11) is 0. The van der Waals surface area contributed by atoms with E-state index in [1.165, 1.54) is 5.56 Å². The van der Waals surface area contributed by atoms with Crippen molar-refractivity contribution in [2.45, 2.75) is 26.8 Å². The molecule has 1 heteroatoms. The Hall–Kier alpha value is -1.24. The second kappa shape index (κ2) is 4.85. The van der Waals surface area contributed by atoms with Crippen LogP contribution in [0.25, 0.3) is 5.70 Å². The van der Waals surface area contributed by atoms with Crippen LogP contribution >= 0.6 is 0 Å². The van der Waals surface area contributed by atoms with Crippen LogP contribution in [0.15, 0.2) is 36.9 Å². The van der Waals surface area contributed by atoms with E-state index >= 15 is 0 Å². The van der Waals surface area contributed by atoms with Crippen molar-refractivity contribution in [3.8, 4) is 0 Å². The Balaban J connectivity index is 2.60. The van der Waals surface area contributed by atoms with Gasteiger partial charge in [0.15, 0.2) is 0 Å². The van der Waals surface area contributed by atoms with Crippen LogP contribution < -0.4 is 5.32 Å². The van der Waals surface area contributed by atoms with E-state index in [0.717, 1.165) is 5.70 Å². The Morgan fingerprint density at radius 3 is 2.21 bits per heavy atom. The minimum atomic E-state index is 0.461. The van der Waals surface area contributed by atoms with Gasteiger partial charge in [0.2, 0.25) is 0 Å². The van der Waals surface area contributed by atoms with Crippen molar-refractivity contribution in [3.63, 3.8) is 0 Å². The molecule has 14 heavy (non-hydrogen) atoms. The zero-order chi connectivity index (χ0) is 10.6. The van der Waals surface area contributed by atoms with Crippen LogP contribution in [-0.2, 0) is 0 Å². The molecule has 1 aromatic carbocycles. The van der Waals surface area contributed by atoms with E-state index in [0.29, 0.717) is 12.0 Å². The highest BCUT2D eigenvalue weighted by atomic mass is 14.9. The molecule has 1 rings (SSSR count). The Morgan fingerprint density at radius 2 is 1.71 bits per heavy atom. The van der Waals surface area contributed by atoms with Gasteiger partial charge in [-0.2, -0.15) is 0 Å². The molecule has 0 aliphatic heterocycles. The summed E-state index contributed by atoms with van der Waals surface area (Å²) in [6.07, 6.45) is 0. The molecular weight excluding hydrogens is 170 g/mol. The van der Waals surface area contributed by atoms with Crippen molar-refractivity contribution in [2.75, 3.05) is 0 Å². The third kappa shape index (κ3) is 2.91. The molecule has 1 aromatic rings. The fourth-order valence-electron chi connectivity index (χ4n) is 1.16. The molecule has 76 valence electrons. The van der Waals surface area contributed by atoms with E-state index in [1.807, 2.05) is 18.2 Å². The van der Waals surface area contributed by atoms with Crippen LogP contribution in [0.2, 0.25) is 0 Å². The van der Waals surface area contributed by atoms with Crippen LogP contribution in [0.5, 0.6) is 0 Å². The number of benzene rings is 1. The van der Waals surface area contributed by atoms with Crippen molar-refractivity contribution in [1.82, 2.24) is 5.32 Å². The molecule has 0 spiro atoms. The third-order valence-electron chi connectivity index (χ3n) is 2.52. The van der Waals surface area contributed by atoms with Gasteiger partial charge in [-0.3, -0.25) is 0 Å². The lowest BCUT2D eigenvalue weighted by Gasteiger charge is -2.20. The van der Waals surface area contributed by atoms with Gasteiger partial charge in [0.1, 0.15) is 0 Å². The molecule has 1 N–H and O–H groups in total. The molecule has 0 saturated heterocycles. The van der Waals surface area contributed by atoms with Crippen molar-refractivity contribution < 1.29 is 0 Å². The molecule has 0 heterocycles. The van der Waals surface area contributed by atoms with E-state index in [-0.39, 0.29) is 0 Å². The van der Waals surface area contributed by atoms with Gasteiger partial charge in [-0.15, -0.1) is 0 Å². The second-order valence-corrected chi connectivity index (χ2v) is 4.02. The molecule has 0 saturated carbocycles. The molecule has 0 radical (unpaired) electrons. The second-order valence-electron chi connectivity index (χ2n) is 4.02. The van der Waals surface area contributed by atoms with Crippen LogP contribution in [0.4, 0.5) is 0 Å². The largest absolute Gasteiger partial charge is 0.382 e. The predicted octanol–water partition coefficient (Wildman–Crippen LogP) is 3.29. The van der Waals surface area contributed by atoms with Crippen molar-refractivity contribution in [2.24, 2.45) is 5.92 Å². The van der Waals surface area contributed by atoms with Crippen LogP contribution in [0, 0.1) is 5.92 Å². The minimum absolute atomic E-state index is 0.461. The highest BCUT2D eigenvalue weighted by molar-refractivity contribution is 5.61. The first kappa shape index (κ1) is 10.8. The van der Waals surface area contributed by atoms with E-state index < -0.39 is 0 Å². The molecule has 1 nitrogen and oxygen atoms in total. The van der Waals surface area contributed by atoms with Gasteiger partial charge in [0, 0.05) is 11.7 Å². The predicted molar refractivity (Wildman–Crippen MR) is 62.9 cm³/mol. The zero-order valence-corrected chi connectivity index (χ0v) is 9.25. The van der Waals surface area contributed by atoms with E-state index in [9.17, 15) is 0 Å². The van der Waals surface area contributed by atoms with Crippen LogP contribution in [0.3, 0.4) is 0 Å². The zero-order valence-electron chi connectivity index (χ0n) is 9.25. The van der Waals surface area contributed by atoms with E-state index in [1.54, 1.807) is 0 Å². The topological polar surface area (TPSA) is 12.0 Å². The first-order valence-electron chi connectivity index (χ1n) is 5.12. The summed E-state index contributed by atoms with van der Waals surface area (Å²) in [4.78, 5) is 0. The summed E-state index contributed by atoms with van der Waals surface area (Å²) in [6.45, 7) is 10.6. The maximum absolute atomic E-state index is 4.04. The van der Waals surface area contributed by atoms with Crippen molar-refractivity contribution in [3.05, 3.63) is 42.5 Å². The first-order chi connectivity index (χ1) is 6.61. The SMILES string of the molecule is C=C(NC(C)C(C)C)c1ccccc1. The monoisotopic (exact) mass is 189 g/mol.